The van der Waals surface area contributed by atoms with E-state index in [0.29, 0.717) is 112 Å². The maximum atomic E-state index is 10.6. The zero-order valence-electron chi connectivity index (χ0n) is 23.3. The Morgan fingerprint density at radius 2 is 0.658 bits per heavy atom. The minimum atomic E-state index is -0.307. The van der Waals surface area contributed by atoms with E-state index in [9.17, 15) is 4.79 Å². The fraction of sp³-hybridized carbons (Fsp3) is 0.962. The molecule has 0 saturated heterocycles. The molecule has 0 heterocycles. The van der Waals surface area contributed by atoms with Gasteiger partial charge in [0.05, 0.1) is 112 Å². The molecule has 0 fully saturated rings. The Labute approximate surface area is 242 Å². The van der Waals surface area contributed by atoms with E-state index >= 15 is 0 Å². The molecule has 0 rings (SSSR count). The van der Waals surface area contributed by atoms with Gasteiger partial charge in [-0.25, -0.2) is 0 Å². The molecule has 0 aromatic heterocycles. The molecule has 0 radical (unpaired) electrons. The predicted octanol–water partition coefficient (Wildman–Crippen LogP) is 2.69. The van der Waals surface area contributed by atoms with Gasteiger partial charge in [0.1, 0.15) is 6.61 Å². The maximum Gasteiger partial charge on any atom is 0.302 e. The van der Waals surface area contributed by atoms with Crippen LogP contribution >= 0.6 is 22.6 Å². The predicted molar refractivity (Wildman–Crippen MR) is 151 cm³/mol. The summed E-state index contributed by atoms with van der Waals surface area (Å²) in [5.41, 5.74) is 0. The zero-order chi connectivity index (χ0) is 27.6. The van der Waals surface area contributed by atoms with Crippen LogP contribution in [0.1, 0.15) is 32.6 Å². The molecule has 12 heteroatoms. The van der Waals surface area contributed by atoms with Gasteiger partial charge in [0.25, 0.3) is 0 Å². The number of hydrogen-bond donors (Lipinski definition) is 0. The molecule has 0 aromatic carbocycles. The third kappa shape index (κ3) is 35.8. The Morgan fingerprint density at radius 3 is 0.947 bits per heavy atom. The first-order chi connectivity index (χ1) is 18.8. The lowest BCUT2D eigenvalue weighted by atomic mass is 10.2. The number of carbonyl (C=O) groups is 1. The maximum absolute atomic E-state index is 10.6. The van der Waals surface area contributed by atoms with Crippen molar-refractivity contribution < 1.29 is 52.2 Å². The van der Waals surface area contributed by atoms with Crippen molar-refractivity contribution in [3.8, 4) is 0 Å². The molecule has 0 aliphatic heterocycles. The van der Waals surface area contributed by atoms with E-state index in [0.717, 1.165) is 13.0 Å². The Morgan fingerprint density at radius 1 is 0.395 bits per heavy atom. The van der Waals surface area contributed by atoms with Crippen LogP contribution in [-0.2, 0) is 52.2 Å². The topological polar surface area (TPSA) is 109 Å². The van der Waals surface area contributed by atoms with E-state index < -0.39 is 0 Å². The van der Waals surface area contributed by atoms with Crippen molar-refractivity contribution in [3.63, 3.8) is 0 Å². The molecule has 0 aromatic rings. The number of hydrogen-bond acceptors (Lipinski definition) is 11. The normalized spacial score (nSPS) is 11.3. The van der Waals surface area contributed by atoms with Crippen molar-refractivity contribution in [1.82, 2.24) is 0 Å². The SMILES string of the molecule is CC(=O)OCCOCCOCCOCCOCCOCCOCCOCCOCCOCCCCCCI. The number of halogens is 1. The first-order valence-corrected chi connectivity index (χ1v) is 15.2. The summed E-state index contributed by atoms with van der Waals surface area (Å²) in [4.78, 5) is 10.6. The standard InChI is InChI=1S/C26H51IO11/c1-26(28)38-25-24-37-23-22-36-21-20-35-19-18-34-17-16-33-15-14-32-13-12-31-11-10-30-9-8-29-7-5-3-2-4-6-27/h2-25H2,1H3. The zero-order valence-corrected chi connectivity index (χ0v) is 25.5. The van der Waals surface area contributed by atoms with E-state index in [-0.39, 0.29) is 12.6 Å². The molecule has 0 spiro atoms. The van der Waals surface area contributed by atoms with Crippen LogP contribution in [0.5, 0.6) is 0 Å². The van der Waals surface area contributed by atoms with E-state index in [1.807, 2.05) is 0 Å². The van der Waals surface area contributed by atoms with Gasteiger partial charge in [-0.15, -0.1) is 0 Å². The quantitative estimate of drug-likeness (QED) is 0.0447. The van der Waals surface area contributed by atoms with Gasteiger partial charge in [-0.3, -0.25) is 4.79 Å². The summed E-state index contributed by atoms with van der Waals surface area (Å²) in [7, 11) is 0. The lowest BCUT2D eigenvalue weighted by molar-refractivity contribution is -0.142. The lowest BCUT2D eigenvalue weighted by Gasteiger charge is -2.09. The Bertz CT molecular complexity index is 461. The average molecular weight is 667 g/mol. The molecule has 0 atom stereocenters. The van der Waals surface area contributed by atoms with Gasteiger partial charge < -0.3 is 47.4 Å². The number of rotatable bonds is 33. The fourth-order valence-corrected chi connectivity index (χ4v) is 3.30. The van der Waals surface area contributed by atoms with Crippen LogP contribution < -0.4 is 0 Å². The summed E-state index contributed by atoms with van der Waals surface area (Å²) in [6.45, 7) is 11.3. The van der Waals surface area contributed by atoms with Gasteiger partial charge >= 0.3 is 5.97 Å². The smallest absolute Gasteiger partial charge is 0.302 e. The summed E-state index contributed by atoms with van der Waals surface area (Å²) in [5.74, 6) is -0.307. The first kappa shape index (κ1) is 37.8. The van der Waals surface area contributed by atoms with Crippen LogP contribution in [0, 0.1) is 0 Å². The highest BCUT2D eigenvalue weighted by Gasteiger charge is 1.96. The Hall–Kier alpha value is -0.160. The molecule has 0 aliphatic rings. The van der Waals surface area contributed by atoms with Gasteiger partial charge in [0.2, 0.25) is 0 Å². The summed E-state index contributed by atoms with van der Waals surface area (Å²) < 4.78 is 54.9. The van der Waals surface area contributed by atoms with E-state index in [4.69, 9.17) is 47.4 Å². The first-order valence-electron chi connectivity index (χ1n) is 13.7. The lowest BCUT2D eigenvalue weighted by Crippen LogP contribution is -2.15. The summed E-state index contributed by atoms with van der Waals surface area (Å²) in [5, 5.41) is 0. The van der Waals surface area contributed by atoms with Gasteiger partial charge in [-0.1, -0.05) is 35.4 Å². The van der Waals surface area contributed by atoms with Crippen molar-refractivity contribution in [1.29, 1.82) is 0 Å². The van der Waals surface area contributed by atoms with Crippen molar-refractivity contribution in [2.75, 3.05) is 130 Å². The summed E-state index contributed by atoms with van der Waals surface area (Å²) >= 11 is 2.42. The van der Waals surface area contributed by atoms with Crippen molar-refractivity contribution >= 4 is 28.6 Å². The monoisotopic (exact) mass is 666 g/mol. The third-order valence-electron chi connectivity index (χ3n) is 4.68. The summed E-state index contributed by atoms with van der Waals surface area (Å²) in [6, 6.07) is 0. The Kier molecular flexibility index (Phi) is 34.7. The molecular formula is C26H51IO11. The van der Waals surface area contributed by atoms with Gasteiger partial charge in [0.15, 0.2) is 0 Å². The van der Waals surface area contributed by atoms with E-state index in [2.05, 4.69) is 22.6 Å². The highest BCUT2D eigenvalue weighted by atomic mass is 127. The van der Waals surface area contributed by atoms with Crippen LogP contribution in [0.25, 0.3) is 0 Å². The van der Waals surface area contributed by atoms with E-state index in [1.54, 1.807) is 0 Å². The molecule has 0 unspecified atom stereocenters. The van der Waals surface area contributed by atoms with E-state index in [1.165, 1.54) is 30.6 Å². The number of alkyl halides is 1. The molecule has 0 amide bonds. The molecular weight excluding hydrogens is 615 g/mol. The molecule has 0 saturated carbocycles. The number of esters is 1. The average Bonchev–Trinajstić information content (AvgIpc) is 2.91. The minimum absolute atomic E-state index is 0.264. The van der Waals surface area contributed by atoms with Crippen LogP contribution in [-0.4, -0.2) is 136 Å². The number of carbonyl (C=O) groups excluding carboxylic acids is 1. The third-order valence-corrected chi connectivity index (χ3v) is 5.44. The van der Waals surface area contributed by atoms with Gasteiger partial charge in [-0.2, -0.15) is 0 Å². The van der Waals surface area contributed by atoms with Crippen molar-refractivity contribution in [2.24, 2.45) is 0 Å². The molecule has 228 valence electrons. The highest BCUT2D eigenvalue weighted by Crippen LogP contribution is 2.02. The fourth-order valence-electron chi connectivity index (χ4n) is 2.76. The van der Waals surface area contributed by atoms with Crippen LogP contribution in [0.4, 0.5) is 0 Å². The number of ether oxygens (including phenoxy) is 10. The molecule has 11 nitrogen and oxygen atoms in total. The number of unbranched alkanes of at least 4 members (excludes halogenated alkanes) is 3. The molecule has 0 bridgehead atoms. The second kappa shape index (κ2) is 34.9. The van der Waals surface area contributed by atoms with Crippen LogP contribution in [0.2, 0.25) is 0 Å². The minimum Gasteiger partial charge on any atom is -0.463 e. The summed E-state index contributed by atoms with van der Waals surface area (Å²) in [6.07, 6.45) is 4.98. The van der Waals surface area contributed by atoms with Gasteiger partial charge in [0, 0.05) is 13.5 Å². The molecule has 0 N–H and O–H groups in total. The van der Waals surface area contributed by atoms with Crippen LogP contribution in [0.3, 0.4) is 0 Å². The van der Waals surface area contributed by atoms with Crippen molar-refractivity contribution in [2.45, 2.75) is 32.6 Å². The largest absolute Gasteiger partial charge is 0.463 e. The van der Waals surface area contributed by atoms with Crippen molar-refractivity contribution in [3.05, 3.63) is 0 Å². The Balaban J connectivity index is 3.02. The second-order valence-electron chi connectivity index (χ2n) is 7.95. The van der Waals surface area contributed by atoms with Gasteiger partial charge in [-0.05, 0) is 17.3 Å². The molecule has 0 aliphatic carbocycles. The highest BCUT2D eigenvalue weighted by molar-refractivity contribution is 14.1. The van der Waals surface area contributed by atoms with Crippen LogP contribution in [0.15, 0.2) is 0 Å². The second-order valence-corrected chi connectivity index (χ2v) is 9.03. The molecule has 38 heavy (non-hydrogen) atoms.